The van der Waals surface area contributed by atoms with E-state index in [0.717, 1.165) is 44.1 Å². The van der Waals surface area contributed by atoms with Crippen molar-refractivity contribution < 1.29 is 18.7 Å². The van der Waals surface area contributed by atoms with Crippen molar-refractivity contribution in [1.29, 1.82) is 0 Å². The molecule has 0 N–H and O–H groups in total. The number of benzene rings is 1. The van der Waals surface area contributed by atoms with Gasteiger partial charge in [0.05, 0.1) is 11.9 Å². The van der Waals surface area contributed by atoms with Gasteiger partial charge in [-0.1, -0.05) is 18.2 Å². The second-order valence-corrected chi connectivity index (χ2v) is 8.76. The summed E-state index contributed by atoms with van der Waals surface area (Å²) in [6.07, 6.45) is 7.05. The molecule has 1 unspecified atom stereocenters. The number of hydrogen-bond acceptors (Lipinski definition) is 4. The van der Waals surface area contributed by atoms with E-state index in [2.05, 4.69) is 4.90 Å². The van der Waals surface area contributed by atoms with Gasteiger partial charge in [-0.3, -0.25) is 9.59 Å². The largest absolute Gasteiger partial charge is 0.459 e. The van der Waals surface area contributed by atoms with Gasteiger partial charge in [0.2, 0.25) is 0 Å². The lowest BCUT2D eigenvalue weighted by Crippen LogP contribution is -2.55. The van der Waals surface area contributed by atoms with Crippen LogP contribution in [-0.2, 0) is 4.74 Å². The Kier molecular flexibility index (Phi) is 5.11. The topological polar surface area (TPSA) is 63.0 Å². The predicted molar refractivity (Wildman–Crippen MR) is 111 cm³/mol. The van der Waals surface area contributed by atoms with E-state index in [1.165, 1.54) is 6.26 Å². The fraction of sp³-hybridized carbons (Fsp3) is 0.500. The molecule has 1 atom stereocenters. The molecule has 6 nitrogen and oxygen atoms in total. The second kappa shape index (κ2) is 7.91. The van der Waals surface area contributed by atoms with Crippen LogP contribution in [0.2, 0.25) is 0 Å². The van der Waals surface area contributed by atoms with Crippen LogP contribution in [0.25, 0.3) is 0 Å². The minimum atomic E-state index is -0.243. The molecule has 2 saturated heterocycles. The van der Waals surface area contributed by atoms with Gasteiger partial charge in [-0.15, -0.1) is 0 Å². The van der Waals surface area contributed by atoms with Crippen LogP contribution in [0.15, 0.2) is 53.1 Å². The van der Waals surface area contributed by atoms with Crippen LogP contribution in [0.4, 0.5) is 0 Å². The maximum atomic E-state index is 13.3. The summed E-state index contributed by atoms with van der Waals surface area (Å²) in [5, 5.41) is 0. The zero-order valence-electron chi connectivity index (χ0n) is 17.2. The van der Waals surface area contributed by atoms with E-state index in [4.69, 9.17) is 9.15 Å². The Labute approximate surface area is 176 Å². The molecule has 2 aliphatic heterocycles. The molecule has 1 aliphatic carbocycles. The molecule has 1 saturated carbocycles. The van der Waals surface area contributed by atoms with Gasteiger partial charge in [0.15, 0.2) is 5.76 Å². The number of ether oxygens (including phenoxy) is 1. The fourth-order valence-electron chi connectivity index (χ4n) is 4.97. The molecule has 0 bridgehead atoms. The third kappa shape index (κ3) is 3.76. The first kappa shape index (κ1) is 19.4. The molecule has 2 amide bonds. The Balaban J connectivity index is 1.27. The lowest BCUT2D eigenvalue weighted by Gasteiger charge is -2.48. The number of piperidine rings is 1. The van der Waals surface area contributed by atoms with Crippen LogP contribution >= 0.6 is 0 Å². The molecule has 3 fully saturated rings. The van der Waals surface area contributed by atoms with E-state index in [0.29, 0.717) is 31.5 Å². The molecule has 1 aromatic carbocycles. The molecule has 1 aromatic heterocycles. The van der Waals surface area contributed by atoms with Crippen molar-refractivity contribution in [2.24, 2.45) is 0 Å². The van der Waals surface area contributed by atoms with Gasteiger partial charge >= 0.3 is 0 Å². The molecule has 6 heteroatoms. The van der Waals surface area contributed by atoms with Crippen LogP contribution in [0, 0.1) is 0 Å². The van der Waals surface area contributed by atoms with Gasteiger partial charge in [-0.2, -0.15) is 0 Å². The minimum Gasteiger partial charge on any atom is -0.459 e. The molecule has 2 aromatic rings. The van der Waals surface area contributed by atoms with Crippen molar-refractivity contribution in [3.63, 3.8) is 0 Å². The molecule has 3 aliphatic rings. The minimum absolute atomic E-state index is 0.0546. The van der Waals surface area contributed by atoms with Crippen LogP contribution in [0.3, 0.4) is 0 Å². The van der Waals surface area contributed by atoms with Gasteiger partial charge in [0, 0.05) is 37.3 Å². The van der Waals surface area contributed by atoms with Crippen LogP contribution in [0.5, 0.6) is 0 Å². The van der Waals surface area contributed by atoms with Crippen molar-refractivity contribution in [3.05, 3.63) is 60.1 Å². The van der Waals surface area contributed by atoms with Crippen molar-refractivity contribution in [2.75, 3.05) is 19.7 Å². The first-order chi connectivity index (χ1) is 14.7. The summed E-state index contributed by atoms with van der Waals surface area (Å²) >= 11 is 0. The Morgan fingerprint density at radius 1 is 0.967 bits per heavy atom. The Hall–Kier alpha value is -2.60. The summed E-state index contributed by atoms with van der Waals surface area (Å²) < 4.78 is 11.6. The summed E-state index contributed by atoms with van der Waals surface area (Å²) in [6, 6.07) is 13.6. The zero-order valence-corrected chi connectivity index (χ0v) is 17.2. The Morgan fingerprint density at radius 3 is 2.40 bits per heavy atom. The van der Waals surface area contributed by atoms with Crippen molar-refractivity contribution in [3.8, 4) is 0 Å². The second-order valence-electron chi connectivity index (χ2n) is 8.76. The third-order valence-corrected chi connectivity index (χ3v) is 6.75. The molecule has 3 heterocycles. The quantitative estimate of drug-likeness (QED) is 0.773. The van der Waals surface area contributed by atoms with E-state index in [1.54, 1.807) is 12.1 Å². The Morgan fingerprint density at radius 2 is 1.73 bits per heavy atom. The average Bonchev–Trinajstić information content (AvgIpc) is 3.46. The Bertz CT molecular complexity index is 883. The number of furan rings is 1. The third-order valence-electron chi connectivity index (χ3n) is 6.75. The molecule has 1 spiro atoms. The van der Waals surface area contributed by atoms with Gasteiger partial charge in [-0.05, 0) is 62.8 Å². The van der Waals surface area contributed by atoms with Crippen LogP contribution in [-0.4, -0.2) is 59.0 Å². The number of carbonyl (C=O) groups excluding carboxylic acids is 2. The highest BCUT2D eigenvalue weighted by molar-refractivity contribution is 5.95. The van der Waals surface area contributed by atoms with Crippen molar-refractivity contribution in [1.82, 2.24) is 9.80 Å². The van der Waals surface area contributed by atoms with E-state index in [9.17, 15) is 9.59 Å². The van der Waals surface area contributed by atoms with Gasteiger partial charge in [0.1, 0.15) is 0 Å². The number of nitrogens with zero attached hydrogens (tertiary/aromatic N) is 2. The molecule has 30 heavy (non-hydrogen) atoms. The predicted octanol–water partition coefficient (Wildman–Crippen LogP) is 3.74. The summed E-state index contributed by atoms with van der Waals surface area (Å²) in [5.74, 6) is 0.480. The van der Waals surface area contributed by atoms with E-state index in [1.807, 2.05) is 35.2 Å². The zero-order chi connectivity index (χ0) is 20.6. The first-order valence-corrected chi connectivity index (χ1v) is 11.0. The highest BCUT2D eigenvalue weighted by Gasteiger charge is 2.46. The number of amides is 2. The average molecular weight is 408 g/mol. The van der Waals surface area contributed by atoms with E-state index < -0.39 is 0 Å². The van der Waals surface area contributed by atoms with Gasteiger partial charge in [-0.25, -0.2) is 0 Å². The molecular formula is C24H28N2O4. The fourth-order valence-corrected chi connectivity index (χ4v) is 4.97. The van der Waals surface area contributed by atoms with E-state index in [-0.39, 0.29) is 23.5 Å². The number of hydrogen-bond donors (Lipinski definition) is 0. The SMILES string of the molecule is O=C(c1ccco1)N1CCC2(CC1)CC(N(C(=O)c1ccccc1)C1CC1)CCO2. The van der Waals surface area contributed by atoms with Gasteiger partial charge in [0.25, 0.3) is 11.8 Å². The van der Waals surface area contributed by atoms with Gasteiger partial charge < -0.3 is 19.0 Å². The standard InChI is InChI=1S/C24H28N2O4/c27-22(18-5-2-1-3-6-18)26(19-8-9-19)20-10-16-30-24(17-20)11-13-25(14-12-24)23(28)21-7-4-15-29-21/h1-7,15,19-20H,8-14,16-17H2. The monoisotopic (exact) mass is 408 g/mol. The number of likely N-dealkylation sites (tertiary alicyclic amines) is 1. The normalized spacial score (nSPS) is 23.3. The molecule has 5 rings (SSSR count). The summed E-state index contributed by atoms with van der Waals surface area (Å²) in [4.78, 5) is 29.9. The van der Waals surface area contributed by atoms with Crippen LogP contribution in [0.1, 0.15) is 59.4 Å². The first-order valence-electron chi connectivity index (χ1n) is 11.0. The highest BCUT2D eigenvalue weighted by atomic mass is 16.5. The maximum absolute atomic E-state index is 13.3. The summed E-state index contributed by atoms with van der Waals surface area (Å²) in [7, 11) is 0. The lowest BCUT2D eigenvalue weighted by atomic mass is 9.81. The summed E-state index contributed by atoms with van der Waals surface area (Å²) in [6.45, 7) is 1.98. The maximum Gasteiger partial charge on any atom is 0.289 e. The lowest BCUT2D eigenvalue weighted by molar-refractivity contribution is -0.126. The molecular weight excluding hydrogens is 380 g/mol. The number of rotatable bonds is 4. The highest BCUT2D eigenvalue weighted by Crippen LogP contribution is 2.40. The molecule has 0 radical (unpaired) electrons. The van der Waals surface area contributed by atoms with Crippen molar-refractivity contribution >= 4 is 11.8 Å². The van der Waals surface area contributed by atoms with E-state index >= 15 is 0 Å². The van der Waals surface area contributed by atoms with Crippen molar-refractivity contribution in [2.45, 2.75) is 56.2 Å². The number of carbonyl (C=O) groups is 2. The molecule has 158 valence electrons. The summed E-state index contributed by atoms with van der Waals surface area (Å²) in [5.41, 5.74) is 0.524. The van der Waals surface area contributed by atoms with Crippen LogP contribution < -0.4 is 0 Å². The smallest absolute Gasteiger partial charge is 0.289 e.